The van der Waals surface area contributed by atoms with Crippen molar-refractivity contribution in [3.63, 3.8) is 0 Å². The van der Waals surface area contributed by atoms with Crippen molar-refractivity contribution >= 4 is 0 Å². The van der Waals surface area contributed by atoms with Crippen molar-refractivity contribution in [3.8, 4) is 11.8 Å². The molecule has 0 saturated carbocycles. The van der Waals surface area contributed by atoms with Gasteiger partial charge in [0.05, 0.1) is 18.1 Å². The molecular weight excluding hydrogens is 242 g/mol. The Balaban J connectivity index is 2.32. The first-order chi connectivity index (χ1) is 9.23. The number of aliphatic hydroxyl groups excluding tert-OH is 1. The van der Waals surface area contributed by atoms with Crippen molar-refractivity contribution in [3.05, 3.63) is 29.8 Å². The van der Waals surface area contributed by atoms with Gasteiger partial charge in [-0.15, -0.1) is 0 Å². The van der Waals surface area contributed by atoms with Crippen LogP contribution in [0, 0.1) is 16.7 Å². The number of ether oxygens (including phenoxy) is 2. The van der Waals surface area contributed by atoms with Crippen LogP contribution in [-0.4, -0.2) is 24.9 Å². The van der Waals surface area contributed by atoms with Crippen molar-refractivity contribution in [2.75, 3.05) is 19.8 Å². The van der Waals surface area contributed by atoms with E-state index in [9.17, 15) is 10.4 Å². The van der Waals surface area contributed by atoms with E-state index in [1.165, 1.54) is 0 Å². The van der Waals surface area contributed by atoms with E-state index in [0.29, 0.717) is 44.0 Å². The van der Waals surface area contributed by atoms with Gasteiger partial charge in [0.1, 0.15) is 11.9 Å². The number of benzene rings is 1. The van der Waals surface area contributed by atoms with E-state index >= 15 is 0 Å². The summed E-state index contributed by atoms with van der Waals surface area (Å²) in [5.41, 5.74) is -0.0846. The van der Waals surface area contributed by atoms with E-state index in [4.69, 9.17) is 9.47 Å². The highest BCUT2D eigenvalue weighted by Crippen LogP contribution is 2.44. The zero-order valence-electron chi connectivity index (χ0n) is 11.1. The maximum Gasteiger partial charge on any atom is 0.125 e. The predicted molar refractivity (Wildman–Crippen MR) is 70.7 cm³/mol. The summed E-state index contributed by atoms with van der Waals surface area (Å²) in [7, 11) is 0. The van der Waals surface area contributed by atoms with Gasteiger partial charge in [-0.1, -0.05) is 18.2 Å². The van der Waals surface area contributed by atoms with Crippen LogP contribution in [-0.2, 0) is 4.74 Å². The zero-order valence-corrected chi connectivity index (χ0v) is 11.1. The van der Waals surface area contributed by atoms with Crippen molar-refractivity contribution < 1.29 is 14.6 Å². The van der Waals surface area contributed by atoms with Crippen LogP contribution in [0.5, 0.6) is 5.75 Å². The van der Waals surface area contributed by atoms with Crippen LogP contribution in [0.2, 0.25) is 0 Å². The Labute approximate surface area is 113 Å². The summed E-state index contributed by atoms with van der Waals surface area (Å²) in [4.78, 5) is 0. The summed E-state index contributed by atoms with van der Waals surface area (Å²) in [6, 6.07) is 9.67. The minimum Gasteiger partial charge on any atom is -0.493 e. The Bertz CT molecular complexity index is 461. The fourth-order valence-electron chi connectivity index (χ4n) is 2.47. The molecule has 0 aliphatic carbocycles. The molecule has 2 rings (SSSR count). The number of nitrogens with zero attached hydrogens (tertiary/aromatic N) is 1. The Hall–Kier alpha value is -1.57. The van der Waals surface area contributed by atoms with Gasteiger partial charge in [-0.05, 0) is 25.8 Å². The third-order valence-corrected chi connectivity index (χ3v) is 3.64. The van der Waals surface area contributed by atoms with Crippen LogP contribution in [0.4, 0.5) is 0 Å². The second-order valence-electron chi connectivity index (χ2n) is 4.75. The lowest BCUT2D eigenvalue weighted by molar-refractivity contribution is -0.0319. The normalized spacial score (nSPS) is 19.4. The third kappa shape index (κ3) is 2.73. The van der Waals surface area contributed by atoms with Crippen LogP contribution < -0.4 is 4.74 Å². The number of para-hydroxylation sites is 1. The summed E-state index contributed by atoms with van der Waals surface area (Å²) in [6.45, 7) is 3.47. The zero-order chi connectivity index (χ0) is 13.7. The molecule has 1 unspecified atom stereocenters. The lowest BCUT2D eigenvalue weighted by atomic mass is 9.74. The molecule has 1 aliphatic rings. The summed E-state index contributed by atoms with van der Waals surface area (Å²) in [5.74, 6) is 0.651. The van der Waals surface area contributed by atoms with E-state index < -0.39 is 11.5 Å². The molecule has 1 N–H and O–H groups in total. The molecule has 4 nitrogen and oxygen atoms in total. The smallest absolute Gasteiger partial charge is 0.125 e. The van der Waals surface area contributed by atoms with E-state index in [1.807, 2.05) is 31.2 Å². The molecule has 0 aromatic heterocycles. The van der Waals surface area contributed by atoms with E-state index in [0.717, 1.165) is 0 Å². The molecule has 1 heterocycles. The van der Waals surface area contributed by atoms with Gasteiger partial charge in [-0.2, -0.15) is 5.26 Å². The first-order valence-corrected chi connectivity index (χ1v) is 6.62. The minimum absolute atomic E-state index is 0.515. The molecule has 1 fully saturated rings. The van der Waals surface area contributed by atoms with E-state index in [2.05, 4.69) is 6.07 Å². The minimum atomic E-state index is -0.843. The average Bonchev–Trinajstić information content (AvgIpc) is 2.48. The maximum atomic E-state index is 10.6. The molecule has 0 spiro atoms. The van der Waals surface area contributed by atoms with Gasteiger partial charge < -0.3 is 14.6 Å². The van der Waals surface area contributed by atoms with Crippen molar-refractivity contribution in [2.45, 2.75) is 25.9 Å². The monoisotopic (exact) mass is 261 g/mol. The first-order valence-electron chi connectivity index (χ1n) is 6.62. The highest BCUT2D eigenvalue weighted by Gasteiger charge is 2.41. The van der Waals surface area contributed by atoms with Gasteiger partial charge >= 0.3 is 0 Å². The first kappa shape index (κ1) is 13.9. The third-order valence-electron chi connectivity index (χ3n) is 3.64. The number of nitriles is 1. The second-order valence-corrected chi connectivity index (χ2v) is 4.75. The molecule has 0 amide bonds. The largest absolute Gasteiger partial charge is 0.493 e. The van der Waals surface area contributed by atoms with Crippen LogP contribution in [0.25, 0.3) is 0 Å². The Morgan fingerprint density at radius 1 is 1.42 bits per heavy atom. The fourth-order valence-corrected chi connectivity index (χ4v) is 2.47. The topological polar surface area (TPSA) is 62.5 Å². The van der Waals surface area contributed by atoms with Gasteiger partial charge in [0.2, 0.25) is 0 Å². The van der Waals surface area contributed by atoms with Crippen molar-refractivity contribution in [1.29, 1.82) is 5.26 Å². The standard InChI is InChI=1S/C15H19NO3/c1-2-19-13-6-4-3-5-12(13)14(17)15(11-16)7-9-18-10-8-15/h3-6,14,17H,2,7-10H2,1H3. The Morgan fingerprint density at radius 3 is 2.74 bits per heavy atom. The van der Waals surface area contributed by atoms with E-state index in [-0.39, 0.29) is 0 Å². The lowest BCUT2D eigenvalue weighted by Gasteiger charge is -2.35. The molecule has 1 aromatic rings. The number of hydrogen-bond donors (Lipinski definition) is 1. The fraction of sp³-hybridized carbons (Fsp3) is 0.533. The molecule has 4 heteroatoms. The molecule has 1 saturated heterocycles. The SMILES string of the molecule is CCOc1ccccc1C(O)C1(C#N)CCOCC1. The molecule has 1 aliphatic heterocycles. The summed E-state index contributed by atoms with van der Waals surface area (Å²) < 4.78 is 10.8. The molecule has 1 atom stereocenters. The van der Waals surface area contributed by atoms with Crippen LogP contribution >= 0.6 is 0 Å². The van der Waals surface area contributed by atoms with Crippen LogP contribution in [0.1, 0.15) is 31.4 Å². The van der Waals surface area contributed by atoms with Gasteiger partial charge in [0, 0.05) is 18.8 Å². The lowest BCUT2D eigenvalue weighted by Crippen LogP contribution is -2.34. The quantitative estimate of drug-likeness (QED) is 0.904. The van der Waals surface area contributed by atoms with Gasteiger partial charge in [0.25, 0.3) is 0 Å². The summed E-state index contributed by atoms with van der Waals surface area (Å²) in [6.07, 6.45) is 0.250. The molecular formula is C15H19NO3. The Kier molecular flexibility index (Phi) is 4.41. The average molecular weight is 261 g/mol. The van der Waals surface area contributed by atoms with Gasteiger partial charge in [0.15, 0.2) is 0 Å². The summed E-state index contributed by atoms with van der Waals surface area (Å²) in [5, 5.41) is 20.1. The number of aliphatic hydroxyl groups is 1. The molecule has 0 radical (unpaired) electrons. The maximum absolute atomic E-state index is 10.6. The molecule has 1 aromatic carbocycles. The van der Waals surface area contributed by atoms with Crippen molar-refractivity contribution in [1.82, 2.24) is 0 Å². The Morgan fingerprint density at radius 2 is 2.11 bits per heavy atom. The second kappa shape index (κ2) is 6.05. The molecule has 102 valence electrons. The number of rotatable bonds is 4. The highest BCUT2D eigenvalue weighted by atomic mass is 16.5. The summed E-state index contributed by atoms with van der Waals surface area (Å²) >= 11 is 0. The van der Waals surface area contributed by atoms with Crippen molar-refractivity contribution in [2.24, 2.45) is 5.41 Å². The highest BCUT2D eigenvalue weighted by molar-refractivity contribution is 5.37. The van der Waals surface area contributed by atoms with Crippen LogP contribution in [0.15, 0.2) is 24.3 Å². The molecule has 0 bridgehead atoms. The van der Waals surface area contributed by atoms with E-state index in [1.54, 1.807) is 0 Å². The van der Waals surface area contributed by atoms with Crippen LogP contribution in [0.3, 0.4) is 0 Å². The van der Waals surface area contributed by atoms with Gasteiger partial charge in [-0.3, -0.25) is 0 Å². The molecule has 19 heavy (non-hydrogen) atoms. The predicted octanol–water partition coefficient (Wildman–Crippen LogP) is 2.44. The number of hydrogen-bond acceptors (Lipinski definition) is 4. The van der Waals surface area contributed by atoms with Gasteiger partial charge in [-0.25, -0.2) is 0 Å².